The molecule has 2 rings (SSSR count). The van der Waals surface area contributed by atoms with E-state index >= 15 is 0 Å². The van der Waals surface area contributed by atoms with Gasteiger partial charge in [-0.25, -0.2) is 0 Å². The molecule has 1 fully saturated rings. The molecule has 0 saturated heterocycles. The van der Waals surface area contributed by atoms with Crippen molar-refractivity contribution in [3.05, 3.63) is 34.9 Å². The Kier molecular flexibility index (Phi) is 4.25. The fraction of sp³-hybridized carbons (Fsp3) is 0.562. The molecule has 1 aliphatic carbocycles. The van der Waals surface area contributed by atoms with Crippen LogP contribution in [0, 0.1) is 19.3 Å². The zero-order chi connectivity index (χ0) is 13.9. The Hall–Kier alpha value is -1.35. The second-order valence-electron chi connectivity index (χ2n) is 5.90. The molecule has 3 heteroatoms. The number of amides is 1. The molecular weight excluding hydrogens is 236 g/mol. The van der Waals surface area contributed by atoms with Crippen molar-refractivity contribution in [3.8, 4) is 0 Å². The summed E-state index contributed by atoms with van der Waals surface area (Å²) in [5.41, 5.74) is 9.74. The van der Waals surface area contributed by atoms with Crippen molar-refractivity contribution in [1.82, 2.24) is 5.32 Å². The number of rotatable bonds is 6. The predicted molar refractivity (Wildman–Crippen MR) is 78.0 cm³/mol. The lowest BCUT2D eigenvalue weighted by atomic mass is 10.0. The molecule has 0 aliphatic heterocycles. The highest BCUT2D eigenvalue weighted by Crippen LogP contribution is 2.43. The van der Waals surface area contributed by atoms with Gasteiger partial charge in [-0.3, -0.25) is 4.79 Å². The lowest BCUT2D eigenvalue weighted by Crippen LogP contribution is -2.33. The van der Waals surface area contributed by atoms with Crippen molar-refractivity contribution in [2.75, 3.05) is 13.1 Å². The van der Waals surface area contributed by atoms with Gasteiger partial charge in [-0.1, -0.05) is 18.2 Å². The lowest BCUT2D eigenvalue weighted by Gasteiger charge is -2.13. The third-order valence-electron chi connectivity index (χ3n) is 4.26. The number of carbonyl (C=O) groups excluding carboxylic acids is 1. The number of hydrogen-bond donors (Lipinski definition) is 2. The number of nitrogens with two attached hydrogens (primary N) is 1. The zero-order valence-electron chi connectivity index (χ0n) is 12.0. The first-order valence-corrected chi connectivity index (χ1v) is 7.08. The van der Waals surface area contributed by atoms with Crippen molar-refractivity contribution in [1.29, 1.82) is 0 Å². The van der Waals surface area contributed by atoms with E-state index in [1.54, 1.807) is 0 Å². The smallest absolute Gasteiger partial charge is 0.220 e. The molecule has 1 aliphatic rings. The molecule has 1 saturated carbocycles. The van der Waals surface area contributed by atoms with Gasteiger partial charge in [-0.05, 0) is 61.8 Å². The summed E-state index contributed by atoms with van der Waals surface area (Å²) in [4.78, 5) is 11.8. The minimum absolute atomic E-state index is 0.137. The van der Waals surface area contributed by atoms with Crippen LogP contribution in [-0.4, -0.2) is 19.0 Å². The Morgan fingerprint density at radius 2 is 2.05 bits per heavy atom. The van der Waals surface area contributed by atoms with Crippen LogP contribution < -0.4 is 11.1 Å². The van der Waals surface area contributed by atoms with Crippen LogP contribution in [0.15, 0.2) is 18.2 Å². The number of benzene rings is 1. The Balaban J connectivity index is 1.75. The molecule has 1 aromatic carbocycles. The number of aryl methyl sites for hydroxylation is 3. The first kappa shape index (κ1) is 14.1. The van der Waals surface area contributed by atoms with Gasteiger partial charge in [0.1, 0.15) is 0 Å². The standard InChI is InChI=1S/C16H24N2O/c1-12-3-4-14(9-13(12)2)5-6-15(19)18-11-16(10-17)7-8-16/h3-4,9H,5-8,10-11,17H2,1-2H3,(H,18,19). The van der Waals surface area contributed by atoms with Crippen molar-refractivity contribution in [3.63, 3.8) is 0 Å². The Labute approximate surface area is 115 Å². The van der Waals surface area contributed by atoms with Crippen molar-refractivity contribution in [2.24, 2.45) is 11.1 Å². The summed E-state index contributed by atoms with van der Waals surface area (Å²) in [5.74, 6) is 0.137. The van der Waals surface area contributed by atoms with Gasteiger partial charge in [-0.2, -0.15) is 0 Å². The van der Waals surface area contributed by atoms with Crippen LogP contribution in [0.25, 0.3) is 0 Å². The molecule has 3 nitrogen and oxygen atoms in total. The molecule has 104 valence electrons. The third kappa shape index (κ3) is 3.80. The first-order valence-electron chi connectivity index (χ1n) is 7.08. The molecule has 0 unspecified atom stereocenters. The van der Waals surface area contributed by atoms with E-state index in [0.29, 0.717) is 13.0 Å². The summed E-state index contributed by atoms with van der Waals surface area (Å²) in [6.45, 7) is 5.64. The molecule has 0 atom stereocenters. The molecule has 0 heterocycles. The molecule has 0 spiro atoms. The molecular formula is C16H24N2O. The van der Waals surface area contributed by atoms with Gasteiger partial charge in [-0.15, -0.1) is 0 Å². The van der Waals surface area contributed by atoms with E-state index < -0.39 is 0 Å². The van der Waals surface area contributed by atoms with Crippen LogP contribution in [0.2, 0.25) is 0 Å². The SMILES string of the molecule is Cc1ccc(CCC(=O)NCC2(CN)CC2)cc1C. The second kappa shape index (κ2) is 5.74. The van der Waals surface area contributed by atoms with Crippen molar-refractivity contribution < 1.29 is 4.79 Å². The summed E-state index contributed by atoms with van der Waals surface area (Å²) < 4.78 is 0. The molecule has 1 amide bonds. The van der Waals surface area contributed by atoms with E-state index in [1.165, 1.54) is 16.7 Å². The summed E-state index contributed by atoms with van der Waals surface area (Å²) in [6, 6.07) is 6.40. The first-order chi connectivity index (χ1) is 9.04. The zero-order valence-corrected chi connectivity index (χ0v) is 12.0. The van der Waals surface area contributed by atoms with E-state index in [0.717, 1.165) is 25.8 Å². The van der Waals surface area contributed by atoms with Crippen molar-refractivity contribution in [2.45, 2.75) is 39.5 Å². The lowest BCUT2D eigenvalue weighted by molar-refractivity contribution is -0.121. The van der Waals surface area contributed by atoms with Gasteiger partial charge in [0, 0.05) is 13.0 Å². The molecule has 19 heavy (non-hydrogen) atoms. The molecule has 1 aromatic rings. The minimum Gasteiger partial charge on any atom is -0.355 e. The Morgan fingerprint density at radius 1 is 1.32 bits per heavy atom. The van der Waals surface area contributed by atoms with Crippen LogP contribution in [0.4, 0.5) is 0 Å². The van der Waals surface area contributed by atoms with Gasteiger partial charge < -0.3 is 11.1 Å². The van der Waals surface area contributed by atoms with Crippen LogP contribution in [0.1, 0.15) is 36.0 Å². The van der Waals surface area contributed by atoms with E-state index in [1.807, 2.05) is 0 Å². The van der Waals surface area contributed by atoms with E-state index in [9.17, 15) is 4.79 Å². The molecule has 0 bridgehead atoms. The topological polar surface area (TPSA) is 55.1 Å². The fourth-order valence-electron chi connectivity index (χ4n) is 2.22. The molecule has 0 aromatic heterocycles. The third-order valence-corrected chi connectivity index (χ3v) is 4.26. The van der Waals surface area contributed by atoms with E-state index in [-0.39, 0.29) is 11.3 Å². The average molecular weight is 260 g/mol. The largest absolute Gasteiger partial charge is 0.355 e. The maximum absolute atomic E-state index is 11.8. The van der Waals surface area contributed by atoms with Crippen LogP contribution in [-0.2, 0) is 11.2 Å². The summed E-state index contributed by atoms with van der Waals surface area (Å²) >= 11 is 0. The van der Waals surface area contributed by atoms with Gasteiger partial charge >= 0.3 is 0 Å². The van der Waals surface area contributed by atoms with Crippen LogP contribution in [0.3, 0.4) is 0 Å². The number of nitrogens with one attached hydrogen (secondary N) is 1. The fourth-order valence-corrected chi connectivity index (χ4v) is 2.22. The summed E-state index contributed by atoms with van der Waals surface area (Å²) in [6.07, 6.45) is 3.67. The predicted octanol–water partition coefficient (Wildman–Crippen LogP) is 2.09. The quantitative estimate of drug-likeness (QED) is 0.823. The normalized spacial score (nSPS) is 16.2. The highest BCUT2D eigenvalue weighted by Gasteiger charge is 2.41. The van der Waals surface area contributed by atoms with Gasteiger partial charge in [0.15, 0.2) is 0 Å². The monoisotopic (exact) mass is 260 g/mol. The molecule has 3 N–H and O–H groups in total. The van der Waals surface area contributed by atoms with E-state index in [4.69, 9.17) is 5.73 Å². The molecule has 0 radical (unpaired) electrons. The van der Waals surface area contributed by atoms with Crippen molar-refractivity contribution >= 4 is 5.91 Å². The Morgan fingerprint density at radius 3 is 2.63 bits per heavy atom. The highest BCUT2D eigenvalue weighted by molar-refractivity contribution is 5.76. The number of hydrogen-bond acceptors (Lipinski definition) is 2. The highest BCUT2D eigenvalue weighted by atomic mass is 16.1. The number of carbonyl (C=O) groups is 1. The maximum Gasteiger partial charge on any atom is 0.220 e. The minimum atomic E-state index is 0.137. The van der Waals surface area contributed by atoms with Gasteiger partial charge in [0.05, 0.1) is 0 Å². The Bertz CT molecular complexity index is 464. The van der Waals surface area contributed by atoms with E-state index in [2.05, 4.69) is 37.4 Å². The van der Waals surface area contributed by atoms with Crippen LogP contribution >= 0.6 is 0 Å². The summed E-state index contributed by atoms with van der Waals surface area (Å²) in [7, 11) is 0. The average Bonchev–Trinajstić information content (AvgIpc) is 3.18. The van der Waals surface area contributed by atoms with Gasteiger partial charge in [0.25, 0.3) is 0 Å². The van der Waals surface area contributed by atoms with Crippen LogP contribution in [0.5, 0.6) is 0 Å². The summed E-state index contributed by atoms with van der Waals surface area (Å²) in [5, 5.41) is 3.01. The second-order valence-corrected chi connectivity index (χ2v) is 5.90. The maximum atomic E-state index is 11.8. The van der Waals surface area contributed by atoms with Gasteiger partial charge in [0.2, 0.25) is 5.91 Å².